The third-order valence-corrected chi connectivity index (χ3v) is 4.67. The first-order valence-corrected chi connectivity index (χ1v) is 6.96. The normalized spacial score (nSPS) is 23.5. The molecule has 1 aromatic carbocycles. The second kappa shape index (κ2) is 4.02. The number of fused-ring (bicyclic) bond motifs is 1. The van der Waals surface area contributed by atoms with E-state index in [2.05, 4.69) is 26.0 Å². The molecule has 0 radical (unpaired) electrons. The van der Waals surface area contributed by atoms with Crippen LogP contribution in [-0.4, -0.2) is 0 Å². The second-order valence-electron chi connectivity index (χ2n) is 6.14. The molecule has 1 fully saturated rings. The number of nitrogen functional groups attached to an aromatic ring is 1. The van der Waals surface area contributed by atoms with Gasteiger partial charge in [-0.25, -0.2) is 0 Å². The van der Waals surface area contributed by atoms with E-state index >= 15 is 0 Å². The van der Waals surface area contributed by atoms with Crippen LogP contribution in [0.25, 0.3) is 0 Å². The van der Waals surface area contributed by atoms with Crippen LogP contribution in [0.3, 0.4) is 0 Å². The van der Waals surface area contributed by atoms with Gasteiger partial charge in [0.15, 0.2) is 0 Å². The summed E-state index contributed by atoms with van der Waals surface area (Å²) in [5.74, 6) is 1.93. The van der Waals surface area contributed by atoms with E-state index in [1.54, 1.807) is 0 Å². The van der Waals surface area contributed by atoms with Gasteiger partial charge in [-0.2, -0.15) is 5.26 Å². The first-order valence-electron chi connectivity index (χ1n) is 6.96. The van der Waals surface area contributed by atoms with Gasteiger partial charge in [-0.05, 0) is 66.2 Å². The van der Waals surface area contributed by atoms with Gasteiger partial charge in [0.2, 0.25) is 0 Å². The SMILES string of the molecule is C[C@@H]1Cc2c(C#N)cc([C@H](C)C3CC3)c(N)c2C1. The molecule has 3 rings (SSSR count). The van der Waals surface area contributed by atoms with Crippen molar-refractivity contribution in [3.8, 4) is 6.07 Å². The second-order valence-corrected chi connectivity index (χ2v) is 6.14. The number of anilines is 1. The summed E-state index contributed by atoms with van der Waals surface area (Å²) in [5, 5.41) is 9.35. The Balaban J connectivity index is 2.12. The standard InChI is InChI=1S/C16H20N2/c1-9-5-14-12(8-17)7-13(10(2)11-3-4-11)16(18)15(14)6-9/h7,9-11H,3-6,18H2,1-2H3/t9-,10-/m1/s1. The molecule has 0 amide bonds. The molecule has 1 aromatic rings. The smallest absolute Gasteiger partial charge is 0.0994 e. The lowest BCUT2D eigenvalue weighted by molar-refractivity contribution is 0.627. The molecule has 0 bridgehead atoms. The van der Waals surface area contributed by atoms with Gasteiger partial charge in [0.1, 0.15) is 0 Å². The average molecular weight is 240 g/mol. The lowest BCUT2D eigenvalue weighted by atomic mass is 9.89. The van der Waals surface area contributed by atoms with Crippen molar-refractivity contribution in [2.45, 2.75) is 45.4 Å². The Hall–Kier alpha value is -1.49. The van der Waals surface area contributed by atoms with Crippen LogP contribution in [0.5, 0.6) is 0 Å². The van der Waals surface area contributed by atoms with Gasteiger partial charge in [-0.1, -0.05) is 13.8 Å². The van der Waals surface area contributed by atoms with E-state index in [9.17, 15) is 5.26 Å². The predicted molar refractivity (Wildman–Crippen MR) is 73.3 cm³/mol. The molecule has 0 spiro atoms. The number of hydrogen-bond donors (Lipinski definition) is 1. The molecule has 2 N–H and O–H groups in total. The predicted octanol–water partition coefficient (Wildman–Crippen LogP) is 3.39. The summed E-state index contributed by atoms with van der Waals surface area (Å²) < 4.78 is 0. The zero-order chi connectivity index (χ0) is 12.9. The Morgan fingerprint density at radius 2 is 2.00 bits per heavy atom. The van der Waals surface area contributed by atoms with E-state index < -0.39 is 0 Å². The lowest BCUT2D eigenvalue weighted by Crippen LogP contribution is -2.06. The molecule has 0 saturated heterocycles. The number of hydrogen-bond acceptors (Lipinski definition) is 2. The van der Waals surface area contributed by atoms with Crippen LogP contribution in [0.15, 0.2) is 6.07 Å². The topological polar surface area (TPSA) is 49.8 Å². The summed E-state index contributed by atoms with van der Waals surface area (Å²) in [6, 6.07) is 4.44. The maximum absolute atomic E-state index is 9.35. The Kier molecular flexibility index (Phi) is 2.59. The third-order valence-electron chi connectivity index (χ3n) is 4.67. The van der Waals surface area contributed by atoms with Crippen molar-refractivity contribution in [2.24, 2.45) is 11.8 Å². The highest BCUT2D eigenvalue weighted by atomic mass is 14.6. The fourth-order valence-corrected chi connectivity index (χ4v) is 3.38. The summed E-state index contributed by atoms with van der Waals surface area (Å²) in [6.07, 6.45) is 4.69. The summed E-state index contributed by atoms with van der Waals surface area (Å²) in [5.41, 5.74) is 11.9. The fourth-order valence-electron chi connectivity index (χ4n) is 3.38. The van der Waals surface area contributed by atoms with E-state index in [4.69, 9.17) is 5.73 Å². The van der Waals surface area contributed by atoms with Crippen LogP contribution >= 0.6 is 0 Å². The number of rotatable bonds is 2. The number of nitriles is 1. The van der Waals surface area contributed by atoms with Crippen LogP contribution in [0.4, 0.5) is 5.69 Å². The molecular formula is C16H20N2. The van der Waals surface area contributed by atoms with E-state index in [0.717, 1.165) is 30.0 Å². The van der Waals surface area contributed by atoms with Crippen molar-refractivity contribution in [1.82, 2.24) is 0 Å². The van der Waals surface area contributed by atoms with Gasteiger partial charge in [0.05, 0.1) is 11.6 Å². The van der Waals surface area contributed by atoms with Gasteiger partial charge < -0.3 is 5.73 Å². The first-order chi connectivity index (χ1) is 8.61. The monoisotopic (exact) mass is 240 g/mol. The van der Waals surface area contributed by atoms with E-state index in [0.29, 0.717) is 11.8 Å². The highest BCUT2D eigenvalue weighted by Gasteiger charge is 2.33. The van der Waals surface area contributed by atoms with Crippen LogP contribution in [-0.2, 0) is 12.8 Å². The highest BCUT2D eigenvalue weighted by Crippen LogP contribution is 2.46. The van der Waals surface area contributed by atoms with E-state index in [-0.39, 0.29) is 0 Å². The van der Waals surface area contributed by atoms with Crippen LogP contribution < -0.4 is 5.73 Å². The minimum Gasteiger partial charge on any atom is -0.398 e. The summed E-state index contributed by atoms with van der Waals surface area (Å²) in [4.78, 5) is 0. The van der Waals surface area contributed by atoms with Gasteiger partial charge >= 0.3 is 0 Å². The summed E-state index contributed by atoms with van der Waals surface area (Å²) in [6.45, 7) is 4.50. The van der Waals surface area contributed by atoms with Gasteiger partial charge in [-0.15, -0.1) is 0 Å². The van der Waals surface area contributed by atoms with Crippen molar-refractivity contribution < 1.29 is 0 Å². The molecule has 2 nitrogen and oxygen atoms in total. The van der Waals surface area contributed by atoms with Crippen molar-refractivity contribution in [1.29, 1.82) is 5.26 Å². The first kappa shape index (κ1) is 11.6. The molecule has 94 valence electrons. The largest absolute Gasteiger partial charge is 0.398 e. The maximum atomic E-state index is 9.35. The molecule has 2 aliphatic rings. The molecule has 2 heteroatoms. The molecule has 2 atom stereocenters. The van der Waals surface area contributed by atoms with E-state index in [1.807, 2.05) is 0 Å². The number of benzene rings is 1. The van der Waals surface area contributed by atoms with Gasteiger partial charge in [0.25, 0.3) is 0 Å². The minimum absolute atomic E-state index is 0.512. The zero-order valence-electron chi connectivity index (χ0n) is 11.2. The molecule has 0 aliphatic heterocycles. The highest BCUT2D eigenvalue weighted by molar-refractivity contribution is 5.65. The third kappa shape index (κ3) is 1.70. The van der Waals surface area contributed by atoms with Crippen molar-refractivity contribution in [2.75, 3.05) is 5.73 Å². The fraction of sp³-hybridized carbons (Fsp3) is 0.562. The Morgan fingerprint density at radius 3 is 2.61 bits per heavy atom. The average Bonchev–Trinajstić information content (AvgIpc) is 3.12. The Morgan fingerprint density at radius 1 is 1.33 bits per heavy atom. The molecule has 0 unspecified atom stereocenters. The summed E-state index contributed by atoms with van der Waals surface area (Å²) >= 11 is 0. The summed E-state index contributed by atoms with van der Waals surface area (Å²) in [7, 11) is 0. The molecule has 1 saturated carbocycles. The molecule has 0 heterocycles. The van der Waals surface area contributed by atoms with Crippen LogP contribution in [0.1, 0.15) is 54.9 Å². The van der Waals surface area contributed by atoms with Crippen molar-refractivity contribution in [3.63, 3.8) is 0 Å². The molecular weight excluding hydrogens is 220 g/mol. The van der Waals surface area contributed by atoms with Crippen LogP contribution in [0.2, 0.25) is 0 Å². The van der Waals surface area contributed by atoms with Gasteiger partial charge in [-0.3, -0.25) is 0 Å². The van der Waals surface area contributed by atoms with Crippen molar-refractivity contribution >= 4 is 5.69 Å². The van der Waals surface area contributed by atoms with Gasteiger partial charge in [0, 0.05) is 5.69 Å². The molecule has 0 aromatic heterocycles. The van der Waals surface area contributed by atoms with Crippen molar-refractivity contribution in [3.05, 3.63) is 28.3 Å². The zero-order valence-corrected chi connectivity index (χ0v) is 11.2. The number of nitrogens with zero attached hydrogens (tertiary/aromatic N) is 1. The van der Waals surface area contributed by atoms with Crippen LogP contribution in [0, 0.1) is 23.2 Å². The van der Waals surface area contributed by atoms with E-state index in [1.165, 1.54) is 29.5 Å². The lowest BCUT2D eigenvalue weighted by Gasteiger charge is -2.17. The molecule has 18 heavy (non-hydrogen) atoms. The quantitative estimate of drug-likeness (QED) is 0.805. The maximum Gasteiger partial charge on any atom is 0.0994 e. The molecule has 2 aliphatic carbocycles. The Bertz CT molecular complexity index is 535. The number of nitrogens with two attached hydrogens (primary N) is 1. The Labute approximate surface area is 109 Å². The minimum atomic E-state index is 0.512.